The number of rotatable bonds is 6. The van der Waals surface area contributed by atoms with Crippen molar-refractivity contribution in [1.82, 2.24) is 9.03 Å². The lowest BCUT2D eigenvalue weighted by molar-refractivity contribution is -0.137. The molecule has 1 N–H and O–H groups in total. The van der Waals surface area contributed by atoms with Crippen LogP contribution in [0.1, 0.15) is 21.5 Å². The van der Waals surface area contributed by atoms with E-state index in [-0.39, 0.29) is 5.75 Å². The van der Waals surface area contributed by atoms with E-state index in [1.165, 1.54) is 0 Å². The Balaban J connectivity index is 2.22. The Morgan fingerprint density at radius 2 is 1.77 bits per heavy atom. The molecular weight excluding hydrogens is 459 g/mol. The van der Waals surface area contributed by atoms with E-state index in [2.05, 4.69) is 0 Å². The van der Waals surface area contributed by atoms with Gasteiger partial charge in [0.25, 0.3) is 5.91 Å². The van der Waals surface area contributed by atoms with Gasteiger partial charge in [-0.1, -0.05) is 17.7 Å². The normalized spacial score (nSPS) is 12.2. The summed E-state index contributed by atoms with van der Waals surface area (Å²) in [6.07, 6.45) is -4.74. The molecule has 6 nitrogen and oxygen atoms in total. The Hall–Kier alpha value is -2.44. The Morgan fingerprint density at radius 1 is 1.13 bits per heavy atom. The number of carbonyl (C=O) groups is 1. The molecule has 2 aromatic carbocycles. The summed E-state index contributed by atoms with van der Waals surface area (Å²) in [5, 5.41) is -0.560. The fourth-order valence-corrected chi connectivity index (χ4v) is 2.86. The highest BCUT2D eigenvalue weighted by atomic mass is 35.5. The van der Waals surface area contributed by atoms with Crippen molar-refractivity contribution in [3.05, 3.63) is 63.7 Å². The van der Waals surface area contributed by atoms with Crippen LogP contribution in [0.25, 0.3) is 0 Å². The van der Waals surface area contributed by atoms with Crippen molar-refractivity contribution >= 4 is 27.7 Å². The quantitative estimate of drug-likeness (QED) is 0.650. The van der Waals surface area contributed by atoms with E-state index in [1.807, 2.05) is 0 Å². The molecule has 30 heavy (non-hydrogen) atoms. The van der Waals surface area contributed by atoms with Gasteiger partial charge in [-0.3, -0.25) is 4.79 Å². The summed E-state index contributed by atoms with van der Waals surface area (Å²) in [4.78, 5) is 11.9. The Morgan fingerprint density at radius 3 is 2.33 bits per heavy atom. The first kappa shape index (κ1) is 23.8. The summed E-state index contributed by atoms with van der Waals surface area (Å²) in [7, 11) is -2.00. The number of halogens is 6. The molecule has 0 saturated heterocycles. The summed E-state index contributed by atoms with van der Waals surface area (Å²) in [6, 6.07) is 4.41. The highest BCUT2D eigenvalue weighted by Crippen LogP contribution is 2.37. The molecule has 0 fully saturated rings. The number of carbonyl (C=O) groups excluding carboxylic acids is 1. The first-order chi connectivity index (χ1) is 13.7. The van der Waals surface area contributed by atoms with Crippen molar-refractivity contribution in [1.29, 1.82) is 0 Å². The van der Waals surface area contributed by atoms with Crippen molar-refractivity contribution in [3.63, 3.8) is 0 Å². The van der Waals surface area contributed by atoms with Crippen molar-refractivity contribution in [2.75, 3.05) is 14.1 Å². The minimum Gasteiger partial charge on any atom is -0.489 e. The molecule has 13 heteroatoms. The van der Waals surface area contributed by atoms with E-state index in [1.54, 1.807) is 4.72 Å². The molecule has 164 valence electrons. The molecule has 2 rings (SSSR count). The summed E-state index contributed by atoms with van der Waals surface area (Å²) < 4.78 is 97.6. The molecule has 0 radical (unpaired) electrons. The SMILES string of the molecule is CN(C)S(=O)(=O)NC(=O)c1ccc(COc2ccc(Cl)c(C(F)(F)F)c2)c(F)c1F. The van der Waals surface area contributed by atoms with E-state index in [0.29, 0.717) is 10.4 Å². The van der Waals surface area contributed by atoms with Gasteiger partial charge >= 0.3 is 16.4 Å². The van der Waals surface area contributed by atoms with E-state index >= 15 is 0 Å². The van der Waals surface area contributed by atoms with Crippen LogP contribution in [0.3, 0.4) is 0 Å². The summed E-state index contributed by atoms with van der Waals surface area (Å²) >= 11 is 5.49. The number of nitrogens with one attached hydrogen (secondary N) is 1. The second kappa shape index (κ2) is 8.74. The monoisotopic (exact) mass is 472 g/mol. The average Bonchev–Trinajstić information content (AvgIpc) is 2.62. The number of nitrogens with zero attached hydrogens (tertiary/aromatic N) is 1. The topological polar surface area (TPSA) is 75.7 Å². The first-order valence-corrected chi connectivity index (χ1v) is 9.77. The number of hydrogen-bond acceptors (Lipinski definition) is 4. The second-order valence-corrected chi connectivity index (χ2v) is 8.34. The second-order valence-electron chi connectivity index (χ2n) is 6.05. The lowest BCUT2D eigenvalue weighted by Gasteiger charge is -2.14. The van der Waals surface area contributed by atoms with Gasteiger partial charge in [0.05, 0.1) is 16.1 Å². The van der Waals surface area contributed by atoms with Gasteiger partial charge in [0.2, 0.25) is 0 Å². The van der Waals surface area contributed by atoms with E-state index in [0.717, 1.165) is 38.4 Å². The highest BCUT2D eigenvalue weighted by molar-refractivity contribution is 7.87. The molecule has 2 aromatic rings. The van der Waals surface area contributed by atoms with E-state index in [9.17, 15) is 35.2 Å². The lowest BCUT2D eigenvalue weighted by Crippen LogP contribution is -2.39. The largest absolute Gasteiger partial charge is 0.489 e. The third-order valence-electron chi connectivity index (χ3n) is 3.75. The van der Waals surface area contributed by atoms with Crippen LogP contribution in [0.4, 0.5) is 22.0 Å². The standard InChI is InChI=1S/C17H14ClF5N2O4S/c1-25(2)30(27,28)24-16(26)11-5-3-9(14(19)15(11)20)8-29-10-4-6-13(18)12(7-10)17(21,22)23/h3-7H,8H2,1-2H3,(H,24,26). The van der Waals surface area contributed by atoms with Crippen molar-refractivity contribution < 1.29 is 39.9 Å². The molecule has 0 saturated carbocycles. The predicted molar refractivity (Wildman–Crippen MR) is 97.2 cm³/mol. The fourth-order valence-electron chi connectivity index (χ4n) is 2.11. The molecule has 0 unspecified atom stereocenters. The van der Waals surface area contributed by atoms with Crippen LogP contribution < -0.4 is 9.46 Å². The molecule has 1 amide bonds. The van der Waals surface area contributed by atoms with Gasteiger partial charge in [0.1, 0.15) is 12.4 Å². The highest BCUT2D eigenvalue weighted by Gasteiger charge is 2.33. The fraction of sp³-hybridized carbons (Fsp3) is 0.235. The van der Waals surface area contributed by atoms with Gasteiger partial charge < -0.3 is 4.74 Å². The van der Waals surface area contributed by atoms with Crippen molar-refractivity contribution in [2.45, 2.75) is 12.8 Å². The summed E-state index contributed by atoms with van der Waals surface area (Å²) in [5.74, 6) is -4.87. The Kier molecular flexibility index (Phi) is 6.94. The zero-order valence-corrected chi connectivity index (χ0v) is 16.9. The predicted octanol–water partition coefficient (Wildman–Crippen LogP) is 3.75. The van der Waals surface area contributed by atoms with Crippen molar-refractivity contribution in [3.8, 4) is 5.75 Å². The van der Waals surface area contributed by atoms with Crippen LogP contribution in [0.2, 0.25) is 5.02 Å². The minimum absolute atomic E-state index is 0.301. The zero-order valence-electron chi connectivity index (χ0n) is 15.4. The maximum Gasteiger partial charge on any atom is 0.417 e. The minimum atomic E-state index is -4.74. The average molecular weight is 473 g/mol. The van der Waals surface area contributed by atoms with Crippen LogP contribution >= 0.6 is 11.6 Å². The van der Waals surface area contributed by atoms with Gasteiger partial charge in [-0.25, -0.2) is 13.5 Å². The lowest BCUT2D eigenvalue weighted by atomic mass is 10.1. The maximum absolute atomic E-state index is 14.3. The number of alkyl halides is 3. The Bertz CT molecular complexity index is 1070. The number of ether oxygens (including phenoxy) is 1. The van der Waals surface area contributed by atoms with Gasteiger partial charge in [-0.05, 0) is 24.3 Å². The van der Waals surface area contributed by atoms with Crippen LogP contribution in [0.15, 0.2) is 30.3 Å². The summed E-state index contributed by atoms with van der Waals surface area (Å²) in [6.45, 7) is -0.667. The first-order valence-electron chi connectivity index (χ1n) is 7.95. The van der Waals surface area contributed by atoms with Crippen LogP contribution in [-0.4, -0.2) is 32.7 Å². The number of hydrogen-bond donors (Lipinski definition) is 1. The van der Waals surface area contributed by atoms with Gasteiger partial charge in [-0.15, -0.1) is 0 Å². The van der Waals surface area contributed by atoms with Gasteiger partial charge in [-0.2, -0.15) is 25.9 Å². The molecular formula is C17H14ClF5N2O4S. The molecule has 0 spiro atoms. The third kappa shape index (κ3) is 5.37. The van der Waals surface area contributed by atoms with E-state index in [4.69, 9.17) is 16.3 Å². The maximum atomic E-state index is 14.3. The van der Waals surface area contributed by atoms with Gasteiger partial charge in [0, 0.05) is 19.7 Å². The smallest absolute Gasteiger partial charge is 0.417 e. The van der Waals surface area contributed by atoms with E-state index < -0.39 is 62.2 Å². The third-order valence-corrected chi connectivity index (χ3v) is 5.48. The number of amides is 1. The zero-order chi connectivity index (χ0) is 22.9. The molecule has 0 aliphatic heterocycles. The molecule has 0 aliphatic rings. The van der Waals surface area contributed by atoms with Crippen LogP contribution in [-0.2, 0) is 23.0 Å². The van der Waals surface area contributed by atoms with Gasteiger partial charge in [0.15, 0.2) is 11.6 Å². The van der Waals surface area contributed by atoms with Crippen LogP contribution in [0.5, 0.6) is 5.75 Å². The Labute approximate surface area is 173 Å². The molecule has 0 aliphatic carbocycles. The molecule has 0 bridgehead atoms. The van der Waals surface area contributed by atoms with Crippen LogP contribution in [0, 0.1) is 11.6 Å². The molecule has 0 atom stereocenters. The summed E-state index contributed by atoms with van der Waals surface area (Å²) in [5.41, 5.74) is -2.46. The molecule has 0 aromatic heterocycles. The molecule has 0 heterocycles. The number of benzene rings is 2. The van der Waals surface area contributed by atoms with Crippen molar-refractivity contribution in [2.24, 2.45) is 0 Å².